The van der Waals surface area contributed by atoms with Crippen molar-refractivity contribution >= 4 is 0 Å². The predicted octanol–water partition coefficient (Wildman–Crippen LogP) is 3.88. The lowest BCUT2D eigenvalue weighted by Gasteiger charge is -2.27. The Bertz CT molecular complexity index is 410. The summed E-state index contributed by atoms with van der Waals surface area (Å²) in [6.07, 6.45) is 0. The van der Waals surface area contributed by atoms with Crippen LogP contribution in [0.25, 0.3) is 0 Å². The summed E-state index contributed by atoms with van der Waals surface area (Å²) in [4.78, 5) is 0. The fourth-order valence-electron chi connectivity index (χ4n) is 1.43. The lowest BCUT2D eigenvalue weighted by Crippen LogP contribution is -2.29. The summed E-state index contributed by atoms with van der Waals surface area (Å²) in [7, 11) is 0. The molecule has 18 heavy (non-hydrogen) atoms. The molecule has 1 N–H and O–H groups in total. The first-order chi connectivity index (χ1) is 8.21. The van der Waals surface area contributed by atoms with Gasteiger partial charge in [0.2, 0.25) is 0 Å². The van der Waals surface area contributed by atoms with Crippen LogP contribution in [-0.4, -0.2) is 6.54 Å². The molecule has 0 radical (unpaired) electrons. The fraction of sp³-hybridized carbons (Fsp3) is 0.571. The molecule has 0 saturated carbocycles. The Morgan fingerprint density at radius 3 is 2.17 bits per heavy atom. The summed E-state index contributed by atoms with van der Waals surface area (Å²) in [6.45, 7) is 9.35. The van der Waals surface area contributed by atoms with E-state index in [1.54, 1.807) is 0 Å². The number of halogens is 3. The highest BCUT2D eigenvalue weighted by molar-refractivity contribution is 5.19. The van der Waals surface area contributed by atoms with Gasteiger partial charge in [-0.25, -0.2) is 13.2 Å². The molecule has 0 aliphatic carbocycles. The third kappa shape index (κ3) is 4.02. The van der Waals surface area contributed by atoms with Crippen molar-refractivity contribution < 1.29 is 13.2 Å². The first-order valence-electron chi connectivity index (χ1n) is 6.06. The maximum absolute atomic E-state index is 13.3. The van der Waals surface area contributed by atoms with Crippen LogP contribution in [0, 0.1) is 28.8 Å². The van der Waals surface area contributed by atoms with Gasteiger partial charge in [0.1, 0.15) is 5.82 Å². The molecule has 0 bridgehead atoms. The molecule has 0 saturated heterocycles. The number of hydrogen-bond donors (Lipinski definition) is 1. The standard InChI is InChI=1S/C14H20F3N/c1-9(14(2,3)4)7-18-8-10-5-12(16)13(17)6-11(10)15/h5-6,9,18H,7-8H2,1-4H3. The van der Waals surface area contributed by atoms with Crippen LogP contribution in [0.3, 0.4) is 0 Å². The summed E-state index contributed by atoms with van der Waals surface area (Å²) in [5, 5.41) is 3.07. The van der Waals surface area contributed by atoms with Crippen LogP contribution >= 0.6 is 0 Å². The third-order valence-electron chi connectivity index (χ3n) is 3.33. The van der Waals surface area contributed by atoms with Gasteiger partial charge in [-0.2, -0.15) is 0 Å². The van der Waals surface area contributed by atoms with E-state index in [-0.39, 0.29) is 17.5 Å². The molecule has 0 fully saturated rings. The molecule has 0 aliphatic heterocycles. The van der Waals surface area contributed by atoms with Gasteiger partial charge >= 0.3 is 0 Å². The molecule has 1 rings (SSSR count). The monoisotopic (exact) mass is 259 g/mol. The van der Waals surface area contributed by atoms with Gasteiger partial charge in [0.05, 0.1) is 0 Å². The van der Waals surface area contributed by atoms with Crippen LogP contribution in [0.5, 0.6) is 0 Å². The highest BCUT2D eigenvalue weighted by atomic mass is 19.2. The highest BCUT2D eigenvalue weighted by Gasteiger charge is 2.19. The molecule has 1 aromatic carbocycles. The van der Waals surface area contributed by atoms with Crippen LogP contribution in [0.1, 0.15) is 33.3 Å². The van der Waals surface area contributed by atoms with Gasteiger partial charge in [-0.3, -0.25) is 0 Å². The molecule has 0 spiro atoms. The molecular weight excluding hydrogens is 239 g/mol. The molecule has 0 aliphatic rings. The van der Waals surface area contributed by atoms with Crippen molar-refractivity contribution in [2.45, 2.75) is 34.2 Å². The SMILES string of the molecule is CC(CNCc1cc(F)c(F)cc1F)C(C)(C)C. The maximum Gasteiger partial charge on any atom is 0.161 e. The van der Waals surface area contributed by atoms with Gasteiger partial charge < -0.3 is 5.32 Å². The zero-order valence-corrected chi connectivity index (χ0v) is 11.3. The lowest BCUT2D eigenvalue weighted by atomic mass is 9.82. The lowest BCUT2D eigenvalue weighted by molar-refractivity contribution is 0.252. The molecule has 0 amide bonds. The summed E-state index contributed by atoms with van der Waals surface area (Å²) in [6, 6.07) is 1.49. The number of nitrogens with one attached hydrogen (secondary N) is 1. The Labute approximate surface area is 106 Å². The van der Waals surface area contributed by atoms with E-state index in [1.807, 2.05) is 0 Å². The second kappa shape index (κ2) is 5.74. The minimum Gasteiger partial charge on any atom is -0.312 e. The van der Waals surface area contributed by atoms with Crippen molar-refractivity contribution in [2.75, 3.05) is 6.54 Å². The third-order valence-corrected chi connectivity index (χ3v) is 3.33. The number of rotatable bonds is 4. The summed E-state index contributed by atoms with van der Waals surface area (Å²) in [5.41, 5.74) is 0.301. The smallest absolute Gasteiger partial charge is 0.161 e. The summed E-state index contributed by atoms with van der Waals surface area (Å²) < 4.78 is 39.0. The molecule has 1 unspecified atom stereocenters. The number of benzene rings is 1. The summed E-state index contributed by atoms with van der Waals surface area (Å²) >= 11 is 0. The van der Waals surface area contributed by atoms with E-state index >= 15 is 0 Å². The van der Waals surface area contributed by atoms with Crippen molar-refractivity contribution in [3.05, 3.63) is 35.1 Å². The van der Waals surface area contributed by atoms with Crippen LogP contribution in [0.4, 0.5) is 13.2 Å². The highest BCUT2D eigenvalue weighted by Crippen LogP contribution is 2.24. The first kappa shape index (κ1) is 15.0. The van der Waals surface area contributed by atoms with Gasteiger partial charge in [0.15, 0.2) is 11.6 Å². The second-order valence-electron chi connectivity index (χ2n) is 5.76. The molecule has 102 valence electrons. The van der Waals surface area contributed by atoms with Gasteiger partial charge in [-0.1, -0.05) is 27.7 Å². The molecule has 1 aromatic rings. The Balaban J connectivity index is 2.57. The van der Waals surface area contributed by atoms with E-state index in [2.05, 4.69) is 33.0 Å². The van der Waals surface area contributed by atoms with Crippen LogP contribution in [0.2, 0.25) is 0 Å². The zero-order valence-electron chi connectivity index (χ0n) is 11.3. The van der Waals surface area contributed by atoms with Gasteiger partial charge in [0.25, 0.3) is 0 Å². The van der Waals surface area contributed by atoms with E-state index in [0.29, 0.717) is 18.5 Å². The molecule has 0 aromatic heterocycles. The largest absolute Gasteiger partial charge is 0.312 e. The first-order valence-corrected chi connectivity index (χ1v) is 6.06. The molecule has 0 heterocycles. The number of hydrogen-bond acceptors (Lipinski definition) is 1. The predicted molar refractivity (Wildman–Crippen MR) is 66.6 cm³/mol. The van der Waals surface area contributed by atoms with Crippen molar-refractivity contribution in [1.82, 2.24) is 5.32 Å². The average molecular weight is 259 g/mol. The zero-order chi connectivity index (χ0) is 13.9. The topological polar surface area (TPSA) is 12.0 Å². The Morgan fingerprint density at radius 2 is 1.61 bits per heavy atom. The van der Waals surface area contributed by atoms with E-state index in [1.165, 1.54) is 0 Å². The minimum absolute atomic E-state index is 0.148. The molecule has 1 nitrogen and oxygen atoms in total. The van der Waals surface area contributed by atoms with Crippen LogP contribution in [0.15, 0.2) is 12.1 Å². The summed E-state index contributed by atoms with van der Waals surface area (Å²) in [5.74, 6) is -2.49. The molecule has 4 heteroatoms. The Hall–Kier alpha value is -1.03. The van der Waals surface area contributed by atoms with Gasteiger partial charge in [-0.05, 0) is 23.9 Å². The van der Waals surface area contributed by atoms with Crippen molar-refractivity contribution in [1.29, 1.82) is 0 Å². The minimum atomic E-state index is -1.15. The Morgan fingerprint density at radius 1 is 1.06 bits per heavy atom. The van der Waals surface area contributed by atoms with E-state index < -0.39 is 17.5 Å². The Kier molecular flexibility index (Phi) is 4.79. The van der Waals surface area contributed by atoms with Crippen LogP contribution in [-0.2, 0) is 6.54 Å². The van der Waals surface area contributed by atoms with E-state index in [0.717, 1.165) is 6.07 Å². The van der Waals surface area contributed by atoms with E-state index in [9.17, 15) is 13.2 Å². The molecule has 1 atom stereocenters. The van der Waals surface area contributed by atoms with Crippen molar-refractivity contribution in [3.63, 3.8) is 0 Å². The quantitative estimate of drug-likeness (QED) is 0.809. The average Bonchev–Trinajstić information content (AvgIpc) is 2.23. The van der Waals surface area contributed by atoms with Crippen LogP contribution < -0.4 is 5.32 Å². The normalized spacial score (nSPS) is 13.7. The van der Waals surface area contributed by atoms with Gasteiger partial charge in [-0.15, -0.1) is 0 Å². The van der Waals surface area contributed by atoms with E-state index in [4.69, 9.17) is 0 Å². The maximum atomic E-state index is 13.3. The van der Waals surface area contributed by atoms with Crippen molar-refractivity contribution in [3.8, 4) is 0 Å². The second-order valence-corrected chi connectivity index (χ2v) is 5.76. The van der Waals surface area contributed by atoms with Gasteiger partial charge in [0, 0.05) is 18.2 Å². The molecular formula is C14H20F3N. The van der Waals surface area contributed by atoms with Crippen molar-refractivity contribution in [2.24, 2.45) is 11.3 Å². The fourth-order valence-corrected chi connectivity index (χ4v) is 1.43.